The zero-order valence-electron chi connectivity index (χ0n) is 17.4. The molecule has 0 radical (unpaired) electrons. The van der Waals surface area contributed by atoms with Crippen LogP contribution in [-0.4, -0.2) is 39.2 Å². The maximum absolute atomic E-state index is 13.0. The Morgan fingerprint density at radius 1 is 1.28 bits per heavy atom. The Hall–Kier alpha value is -2.94. The number of nitriles is 2. The maximum atomic E-state index is 13.0. The molecule has 0 saturated heterocycles. The summed E-state index contributed by atoms with van der Waals surface area (Å²) in [4.78, 5) is 11.0. The lowest BCUT2D eigenvalue weighted by molar-refractivity contribution is 0.0377. The Balaban J connectivity index is 1.30. The van der Waals surface area contributed by atoms with Gasteiger partial charge < -0.3 is 10.1 Å². The third kappa shape index (κ3) is 4.09. The predicted octanol–water partition coefficient (Wildman–Crippen LogP) is 3.91. The second-order valence-electron chi connectivity index (χ2n) is 8.79. The number of nitrogens with one attached hydrogen (secondary N) is 1. The number of hydrogen-bond acceptors (Lipinski definition) is 7. The number of alkyl halides is 1. The Labute approximate surface area is 190 Å². The fraction of sp³-hybridized carbons (Fsp3) is 0.478. The van der Waals surface area contributed by atoms with Crippen LogP contribution in [0.25, 0.3) is 0 Å². The molecule has 0 amide bonds. The van der Waals surface area contributed by atoms with Gasteiger partial charge in [-0.3, -0.25) is 4.90 Å². The van der Waals surface area contributed by atoms with Crippen molar-refractivity contribution >= 4 is 17.4 Å². The van der Waals surface area contributed by atoms with Crippen LogP contribution in [0, 0.1) is 22.7 Å². The highest BCUT2D eigenvalue weighted by molar-refractivity contribution is 6.30. The third-order valence-electron chi connectivity index (χ3n) is 6.39. The smallest absolute Gasteiger partial charge is 0.213 e. The monoisotopic (exact) mass is 452 g/mol. The van der Waals surface area contributed by atoms with E-state index < -0.39 is 11.7 Å². The summed E-state index contributed by atoms with van der Waals surface area (Å²) in [6, 6.07) is 8.30. The number of aromatic nitrogens is 2. The summed E-state index contributed by atoms with van der Waals surface area (Å²) < 4.78 is 18.6. The van der Waals surface area contributed by atoms with Crippen LogP contribution in [0.5, 0.6) is 5.88 Å². The number of fused-ring (bicyclic) bond motifs is 1. The molecule has 2 aromatic rings. The molecule has 3 aliphatic rings. The molecule has 2 saturated carbocycles. The van der Waals surface area contributed by atoms with Gasteiger partial charge in [-0.15, -0.1) is 0 Å². The highest BCUT2D eigenvalue weighted by atomic mass is 35.5. The van der Waals surface area contributed by atoms with E-state index >= 15 is 0 Å². The van der Waals surface area contributed by atoms with Crippen LogP contribution in [-0.2, 0) is 19.5 Å². The van der Waals surface area contributed by atoms with E-state index in [-0.39, 0.29) is 11.3 Å². The average Bonchev–Trinajstić information content (AvgIpc) is 3.54. The van der Waals surface area contributed by atoms with Crippen LogP contribution < -0.4 is 10.1 Å². The lowest BCUT2D eigenvalue weighted by Gasteiger charge is -2.31. The normalized spacial score (nSPS) is 23.2. The topological polar surface area (TPSA) is 97.9 Å². The van der Waals surface area contributed by atoms with Crippen LogP contribution in [0.4, 0.5) is 10.2 Å². The zero-order valence-corrected chi connectivity index (χ0v) is 18.2. The van der Waals surface area contributed by atoms with Crippen LogP contribution in [0.2, 0.25) is 5.15 Å². The molecule has 0 unspecified atom stereocenters. The van der Waals surface area contributed by atoms with E-state index in [1.165, 1.54) is 0 Å². The number of nitrogens with zero attached hydrogens (tertiary/aromatic N) is 5. The molecule has 0 bridgehead atoms. The first-order valence-electron chi connectivity index (χ1n) is 10.8. The highest BCUT2D eigenvalue weighted by Gasteiger charge is 2.44. The summed E-state index contributed by atoms with van der Waals surface area (Å²) in [7, 11) is 0. The molecule has 32 heavy (non-hydrogen) atoms. The van der Waals surface area contributed by atoms with E-state index in [4.69, 9.17) is 16.3 Å². The quantitative estimate of drug-likeness (QED) is 0.663. The predicted molar refractivity (Wildman–Crippen MR) is 116 cm³/mol. The average molecular weight is 453 g/mol. The molecule has 2 fully saturated rings. The van der Waals surface area contributed by atoms with E-state index in [1.807, 2.05) is 12.1 Å². The van der Waals surface area contributed by atoms with Gasteiger partial charge in [-0.2, -0.15) is 10.5 Å². The highest BCUT2D eigenvalue weighted by Crippen LogP contribution is 2.41. The molecule has 0 atom stereocenters. The molecular formula is C23H22ClFN6O. The van der Waals surface area contributed by atoms with Crippen molar-refractivity contribution in [1.29, 1.82) is 10.5 Å². The molecule has 9 heteroatoms. The molecule has 2 aliphatic carbocycles. The fourth-order valence-electron chi connectivity index (χ4n) is 4.23. The van der Waals surface area contributed by atoms with Gasteiger partial charge in [-0.05, 0) is 30.4 Å². The largest absolute Gasteiger partial charge is 0.474 e. The summed E-state index contributed by atoms with van der Waals surface area (Å²) in [6.07, 6.45) is 4.08. The maximum Gasteiger partial charge on any atom is 0.213 e. The lowest BCUT2D eigenvalue weighted by atomic mass is 9.94. The van der Waals surface area contributed by atoms with E-state index in [9.17, 15) is 14.9 Å². The summed E-state index contributed by atoms with van der Waals surface area (Å²) >= 11 is 6.33. The van der Waals surface area contributed by atoms with Gasteiger partial charge in [0.1, 0.15) is 34.9 Å². The first kappa shape index (κ1) is 20.9. The van der Waals surface area contributed by atoms with E-state index in [0.717, 1.165) is 36.1 Å². The first-order valence-corrected chi connectivity index (χ1v) is 11.2. The van der Waals surface area contributed by atoms with Crippen molar-refractivity contribution in [2.75, 3.05) is 11.9 Å². The second-order valence-corrected chi connectivity index (χ2v) is 9.15. The van der Waals surface area contributed by atoms with Crippen LogP contribution in [0.3, 0.4) is 0 Å². The SMILES string of the molecule is N#Cc1c(Cl)nc(NC2(C#N)CC2)c2c1CN(Cc1ccc(O[C@H]3C[C@H](F)C3)nc1)CC2. The number of pyridine rings is 2. The Morgan fingerprint density at radius 3 is 2.72 bits per heavy atom. The summed E-state index contributed by atoms with van der Waals surface area (Å²) in [5, 5.41) is 22.5. The van der Waals surface area contributed by atoms with Gasteiger partial charge in [0.15, 0.2) is 0 Å². The number of anilines is 1. The number of hydrogen-bond donors (Lipinski definition) is 1. The summed E-state index contributed by atoms with van der Waals surface area (Å²) in [5.74, 6) is 1.14. The molecule has 1 aliphatic heterocycles. The number of halogens is 2. The summed E-state index contributed by atoms with van der Waals surface area (Å²) in [6.45, 7) is 2.01. The minimum Gasteiger partial charge on any atom is -0.474 e. The number of ether oxygens (including phenoxy) is 1. The van der Waals surface area contributed by atoms with Gasteiger partial charge in [0.05, 0.1) is 11.6 Å². The Morgan fingerprint density at radius 2 is 2.09 bits per heavy atom. The third-order valence-corrected chi connectivity index (χ3v) is 6.66. The van der Waals surface area contributed by atoms with Crippen molar-refractivity contribution in [3.8, 4) is 18.0 Å². The molecule has 0 spiro atoms. The van der Waals surface area contributed by atoms with Crippen molar-refractivity contribution in [2.24, 2.45) is 0 Å². The fourth-order valence-corrected chi connectivity index (χ4v) is 4.47. The zero-order chi connectivity index (χ0) is 22.3. The van der Waals surface area contributed by atoms with Crippen LogP contribution in [0.15, 0.2) is 18.3 Å². The van der Waals surface area contributed by atoms with Crippen molar-refractivity contribution < 1.29 is 9.13 Å². The van der Waals surface area contributed by atoms with Crippen molar-refractivity contribution in [1.82, 2.24) is 14.9 Å². The van der Waals surface area contributed by atoms with E-state index in [0.29, 0.717) is 49.6 Å². The second kappa shape index (κ2) is 8.20. The lowest BCUT2D eigenvalue weighted by Crippen LogP contribution is -2.35. The van der Waals surface area contributed by atoms with Crippen molar-refractivity contribution in [2.45, 2.75) is 63.0 Å². The molecule has 164 valence electrons. The molecule has 5 rings (SSSR count). The van der Waals surface area contributed by atoms with Gasteiger partial charge in [0, 0.05) is 50.3 Å². The first-order chi connectivity index (χ1) is 15.5. The van der Waals surface area contributed by atoms with Crippen LogP contribution >= 0.6 is 11.6 Å². The van der Waals surface area contributed by atoms with Crippen LogP contribution in [0.1, 0.15) is 47.9 Å². The minimum atomic E-state index is -0.756. The van der Waals surface area contributed by atoms with Gasteiger partial charge in [-0.25, -0.2) is 14.4 Å². The molecule has 1 N–H and O–H groups in total. The minimum absolute atomic E-state index is 0.0803. The van der Waals surface area contributed by atoms with E-state index in [1.54, 1.807) is 6.20 Å². The van der Waals surface area contributed by atoms with E-state index in [2.05, 4.69) is 32.3 Å². The van der Waals surface area contributed by atoms with Crippen molar-refractivity contribution in [3.63, 3.8) is 0 Å². The van der Waals surface area contributed by atoms with Gasteiger partial charge in [0.2, 0.25) is 5.88 Å². The molecule has 0 aromatic carbocycles. The molecular weight excluding hydrogens is 431 g/mol. The standard InChI is InChI=1S/C23H22ClFN6O/c24-21-18(9-26)19-12-31(6-3-17(19)22(29-21)30-23(13-27)4-5-23)11-14-1-2-20(28-10-14)32-16-7-15(25)8-16/h1-2,10,15-16H,3-8,11-12H2,(H,29,30)/t15-,16-. The van der Waals surface area contributed by atoms with Gasteiger partial charge >= 0.3 is 0 Å². The Bertz CT molecular complexity index is 1120. The number of rotatable bonds is 6. The van der Waals surface area contributed by atoms with Gasteiger partial charge in [-0.1, -0.05) is 17.7 Å². The summed E-state index contributed by atoms with van der Waals surface area (Å²) in [5.41, 5.74) is 2.70. The molecule has 3 heterocycles. The van der Waals surface area contributed by atoms with Crippen molar-refractivity contribution in [3.05, 3.63) is 45.7 Å². The molecule has 7 nitrogen and oxygen atoms in total. The Kier molecular flexibility index (Phi) is 5.36. The van der Waals surface area contributed by atoms with Gasteiger partial charge in [0.25, 0.3) is 0 Å². The molecule has 2 aromatic heterocycles.